The van der Waals surface area contributed by atoms with Crippen molar-refractivity contribution < 1.29 is 14.3 Å². The van der Waals surface area contributed by atoms with Crippen molar-refractivity contribution in [2.24, 2.45) is 4.99 Å². The standard InChI is InChI=1S/C26H27N3O4S/c1-6-33-25(31)22-16(2)27-26-29(23(22)18-9-11-19(12-10-18)28(3)4)24(30)21(34-26)15-17-7-13-20(32-5)14-8-17/h7-15,23H,6H2,1-5H3. The quantitative estimate of drug-likeness (QED) is 0.511. The molecular weight excluding hydrogens is 450 g/mol. The van der Waals surface area contributed by atoms with Crippen LogP contribution in [-0.4, -0.2) is 38.3 Å². The van der Waals surface area contributed by atoms with Gasteiger partial charge in [0.1, 0.15) is 5.75 Å². The zero-order valence-electron chi connectivity index (χ0n) is 19.9. The molecule has 8 heteroatoms. The van der Waals surface area contributed by atoms with Crippen molar-refractivity contribution >= 4 is 29.1 Å². The minimum Gasteiger partial charge on any atom is -0.497 e. The third-order valence-electron chi connectivity index (χ3n) is 5.66. The first-order chi connectivity index (χ1) is 16.3. The Morgan fingerprint density at radius 2 is 1.82 bits per heavy atom. The van der Waals surface area contributed by atoms with Crippen LogP contribution in [0.15, 0.2) is 69.6 Å². The molecule has 0 N–H and O–H groups in total. The lowest BCUT2D eigenvalue weighted by Crippen LogP contribution is -2.39. The number of hydrogen-bond acceptors (Lipinski definition) is 7. The van der Waals surface area contributed by atoms with E-state index < -0.39 is 12.0 Å². The molecule has 0 saturated heterocycles. The van der Waals surface area contributed by atoms with Gasteiger partial charge >= 0.3 is 5.97 Å². The van der Waals surface area contributed by atoms with Gasteiger partial charge in [-0.3, -0.25) is 9.36 Å². The second-order valence-electron chi connectivity index (χ2n) is 8.06. The molecule has 0 bridgehead atoms. The molecule has 2 heterocycles. The Balaban J connectivity index is 1.90. The molecule has 176 valence electrons. The Hall–Kier alpha value is -3.65. The molecule has 0 amide bonds. The highest BCUT2D eigenvalue weighted by Crippen LogP contribution is 2.31. The Morgan fingerprint density at radius 3 is 2.41 bits per heavy atom. The molecular formula is C26H27N3O4S. The van der Waals surface area contributed by atoms with Crippen LogP contribution in [0.4, 0.5) is 5.69 Å². The number of benzene rings is 2. The predicted molar refractivity (Wildman–Crippen MR) is 134 cm³/mol. The molecule has 0 fully saturated rings. The number of aromatic nitrogens is 1. The number of esters is 1. The SMILES string of the molecule is CCOC(=O)C1=C(C)N=c2sc(=Cc3ccc(OC)cc3)c(=O)n2C1c1ccc(N(C)C)cc1. The Bertz CT molecular complexity index is 1410. The van der Waals surface area contributed by atoms with Crippen LogP contribution in [0, 0.1) is 0 Å². The average molecular weight is 478 g/mol. The number of anilines is 1. The van der Waals surface area contributed by atoms with Crippen molar-refractivity contribution in [2.45, 2.75) is 19.9 Å². The lowest BCUT2D eigenvalue weighted by Gasteiger charge is -2.25. The molecule has 1 aliphatic rings. The number of thiazole rings is 1. The monoisotopic (exact) mass is 477 g/mol. The summed E-state index contributed by atoms with van der Waals surface area (Å²) in [6, 6.07) is 14.7. The van der Waals surface area contributed by atoms with E-state index in [0.717, 1.165) is 22.6 Å². The highest BCUT2D eigenvalue weighted by atomic mass is 32.1. The van der Waals surface area contributed by atoms with E-state index in [1.807, 2.05) is 73.6 Å². The normalized spacial score (nSPS) is 15.6. The number of nitrogens with zero attached hydrogens (tertiary/aromatic N) is 3. The predicted octanol–water partition coefficient (Wildman–Crippen LogP) is 2.87. The second-order valence-corrected chi connectivity index (χ2v) is 9.07. The number of carbonyl (C=O) groups is 1. The first kappa shape index (κ1) is 23.5. The maximum Gasteiger partial charge on any atom is 0.338 e. The molecule has 1 unspecified atom stereocenters. The van der Waals surface area contributed by atoms with E-state index in [9.17, 15) is 9.59 Å². The van der Waals surface area contributed by atoms with Gasteiger partial charge in [0.05, 0.1) is 35.6 Å². The zero-order valence-corrected chi connectivity index (χ0v) is 20.7. The number of fused-ring (bicyclic) bond motifs is 1. The lowest BCUT2D eigenvalue weighted by molar-refractivity contribution is -0.139. The summed E-state index contributed by atoms with van der Waals surface area (Å²) in [7, 11) is 5.54. The molecule has 0 radical (unpaired) electrons. The molecule has 1 aliphatic heterocycles. The lowest BCUT2D eigenvalue weighted by atomic mass is 9.95. The van der Waals surface area contributed by atoms with Crippen molar-refractivity contribution in [1.82, 2.24) is 4.57 Å². The van der Waals surface area contributed by atoms with E-state index in [4.69, 9.17) is 9.47 Å². The summed E-state index contributed by atoms with van der Waals surface area (Å²) < 4.78 is 12.7. The summed E-state index contributed by atoms with van der Waals surface area (Å²) in [4.78, 5) is 33.7. The van der Waals surface area contributed by atoms with E-state index in [1.54, 1.807) is 25.5 Å². The highest BCUT2D eigenvalue weighted by Gasteiger charge is 2.33. The highest BCUT2D eigenvalue weighted by molar-refractivity contribution is 7.07. The van der Waals surface area contributed by atoms with Crippen molar-refractivity contribution in [2.75, 3.05) is 32.7 Å². The van der Waals surface area contributed by atoms with Gasteiger partial charge in [-0.1, -0.05) is 35.6 Å². The van der Waals surface area contributed by atoms with E-state index in [0.29, 0.717) is 20.6 Å². The summed E-state index contributed by atoms with van der Waals surface area (Å²) >= 11 is 1.31. The molecule has 1 atom stereocenters. The average Bonchev–Trinajstić information content (AvgIpc) is 3.13. The summed E-state index contributed by atoms with van der Waals surface area (Å²) in [5.41, 5.74) is 3.45. The van der Waals surface area contributed by atoms with Gasteiger partial charge in [0.15, 0.2) is 4.80 Å². The number of methoxy groups -OCH3 is 1. The van der Waals surface area contributed by atoms with Gasteiger partial charge in [-0.2, -0.15) is 0 Å². The van der Waals surface area contributed by atoms with Crippen LogP contribution < -0.4 is 24.5 Å². The smallest absolute Gasteiger partial charge is 0.338 e. The molecule has 0 spiro atoms. The molecule has 4 rings (SSSR count). The third-order valence-corrected chi connectivity index (χ3v) is 6.64. The maximum absolute atomic E-state index is 13.6. The number of hydrogen-bond donors (Lipinski definition) is 0. The Morgan fingerprint density at radius 1 is 1.15 bits per heavy atom. The van der Waals surface area contributed by atoms with E-state index in [2.05, 4.69) is 4.99 Å². The van der Waals surface area contributed by atoms with Crippen LogP contribution in [0.3, 0.4) is 0 Å². The summed E-state index contributed by atoms with van der Waals surface area (Å²) in [5, 5.41) is 0. The van der Waals surface area contributed by atoms with Gasteiger partial charge in [0.25, 0.3) is 5.56 Å². The second kappa shape index (κ2) is 9.69. The number of ether oxygens (including phenoxy) is 2. The minimum atomic E-state index is -0.621. The van der Waals surface area contributed by atoms with Crippen LogP contribution in [-0.2, 0) is 9.53 Å². The first-order valence-corrected chi connectivity index (χ1v) is 11.8. The Labute approximate surface area is 201 Å². The van der Waals surface area contributed by atoms with Crippen molar-refractivity contribution in [1.29, 1.82) is 0 Å². The van der Waals surface area contributed by atoms with Crippen LogP contribution in [0.25, 0.3) is 6.08 Å². The fourth-order valence-electron chi connectivity index (χ4n) is 3.91. The molecule has 0 aliphatic carbocycles. The van der Waals surface area contributed by atoms with Gasteiger partial charge in [0.2, 0.25) is 0 Å². The number of allylic oxidation sites excluding steroid dienone is 1. The van der Waals surface area contributed by atoms with Crippen LogP contribution in [0.5, 0.6) is 5.75 Å². The van der Waals surface area contributed by atoms with Crippen molar-refractivity contribution in [3.05, 3.63) is 90.6 Å². The molecule has 1 aromatic heterocycles. The van der Waals surface area contributed by atoms with E-state index in [1.165, 1.54) is 11.3 Å². The fourth-order valence-corrected chi connectivity index (χ4v) is 4.96. The largest absolute Gasteiger partial charge is 0.497 e. The molecule has 2 aromatic carbocycles. The Kier molecular flexibility index (Phi) is 6.70. The summed E-state index contributed by atoms with van der Waals surface area (Å²) in [6.07, 6.45) is 1.83. The van der Waals surface area contributed by atoms with E-state index >= 15 is 0 Å². The van der Waals surface area contributed by atoms with Gasteiger partial charge < -0.3 is 14.4 Å². The van der Waals surface area contributed by atoms with Gasteiger partial charge in [0, 0.05) is 19.8 Å². The number of rotatable bonds is 6. The zero-order chi connectivity index (χ0) is 24.4. The first-order valence-electron chi connectivity index (χ1n) is 10.9. The summed E-state index contributed by atoms with van der Waals surface area (Å²) in [6.45, 7) is 3.79. The van der Waals surface area contributed by atoms with E-state index in [-0.39, 0.29) is 12.2 Å². The maximum atomic E-state index is 13.6. The van der Waals surface area contributed by atoms with Gasteiger partial charge in [-0.05, 0) is 55.3 Å². The molecule has 0 saturated carbocycles. The van der Waals surface area contributed by atoms with Crippen LogP contribution >= 0.6 is 11.3 Å². The fraction of sp³-hybridized carbons (Fsp3) is 0.269. The molecule has 7 nitrogen and oxygen atoms in total. The topological polar surface area (TPSA) is 73.1 Å². The van der Waals surface area contributed by atoms with Crippen molar-refractivity contribution in [3.63, 3.8) is 0 Å². The third kappa shape index (κ3) is 4.41. The minimum absolute atomic E-state index is 0.199. The number of carbonyl (C=O) groups excluding carboxylic acids is 1. The van der Waals surface area contributed by atoms with Crippen molar-refractivity contribution in [3.8, 4) is 5.75 Å². The van der Waals surface area contributed by atoms with Crippen LogP contribution in [0.1, 0.15) is 31.0 Å². The van der Waals surface area contributed by atoms with Gasteiger partial charge in [-0.15, -0.1) is 0 Å². The van der Waals surface area contributed by atoms with Crippen LogP contribution in [0.2, 0.25) is 0 Å². The molecule has 34 heavy (non-hydrogen) atoms. The van der Waals surface area contributed by atoms with Gasteiger partial charge in [-0.25, -0.2) is 9.79 Å². The molecule has 3 aromatic rings. The summed E-state index contributed by atoms with van der Waals surface area (Å²) in [5.74, 6) is 0.282.